The minimum Gasteiger partial charge on any atom is -0.486 e. The molecule has 0 spiro atoms. The summed E-state index contributed by atoms with van der Waals surface area (Å²) in [6.45, 7) is 0.0124. The minimum atomic E-state index is -4.62. The Morgan fingerprint density at radius 2 is 1.74 bits per heavy atom. The molecule has 4 rings (SSSR count). The first-order chi connectivity index (χ1) is 16.2. The standard InChI is InChI=1S/C25H17ClF4N2O2/c26-21-8-6-17(10-20(21)25(28,29)30)13-32-15-31-12-19(24(32)33)18-7-9-23(22(27)11-18)34-14-16-4-2-1-3-5-16/h1-12,15H,13-14H2. The molecule has 0 saturated carbocycles. The third-order valence-electron chi connectivity index (χ3n) is 5.07. The summed E-state index contributed by atoms with van der Waals surface area (Å²) >= 11 is 5.66. The largest absolute Gasteiger partial charge is 0.486 e. The average Bonchev–Trinajstić information content (AvgIpc) is 2.81. The van der Waals surface area contributed by atoms with Crippen molar-refractivity contribution in [2.75, 3.05) is 0 Å². The van der Waals surface area contributed by atoms with Gasteiger partial charge in [-0.15, -0.1) is 0 Å². The highest BCUT2D eigenvalue weighted by molar-refractivity contribution is 6.31. The highest BCUT2D eigenvalue weighted by atomic mass is 35.5. The van der Waals surface area contributed by atoms with Gasteiger partial charge in [0.1, 0.15) is 6.61 Å². The van der Waals surface area contributed by atoms with E-state index in [1.165, 1.54) is 30.7 Å². The topological polar surface area (TPSA) is 44.1 Å². The normalized spacial score (nSPS) is 11.4. The molecule has 0 fully saturated rings. The number of ether oxygens (including phenoxy) is 1. The van der Waals surface area contributed by atoms with Crippen LogP contribution in [-0.2, 0) is 19.3 Å². The van der Waals surface area contributed by atoms with E-state index in [4.69, 9.17) is 16.3 Å². The molecule has 0 aliphatic carbocycles. The van der Waals surface area contributed by atoms with Crippen LogP contribution >= 0.6 is 11.6 Å². The second-order valence-electron chi connectivity index (χ2n) is 7.47. The Hall–Kier alpha value is -3.65. The molecule has 0 atom stereocenters. The molecule has 0 N–H and O–H groups in total. The van der Waals surface area contributed by atoms with E-state index >= 15 is 0 Å². The molecule has 0 aliphatic heterocycles. The molecule has 0 amide bonds. The number of alkyl halides is 3. The lowest BCUT2D eigenvalue weighted by Gasteiger charge is -2.13. The van der Waals surface area contributed by atoms with Crippen LogP contribution in [0.25, 0.3) is 11.1 Å². The average molecular weight is 489 g/mol. The monoisotopic (exact) mass is 488 g/mol. The molecular formula is C25H17ClF4N2O2. The summed E-state index contributed by atoms with van der Waals surface area (Å²) in [6, 6.07) is 16.8. The molecule has 0 bridgehead atoms. The number of hydrogen-bond acceptors (Lipinski definition) is 3. The number of nitrogens with zero attached hydrogens (tertiary/aromatic N) is 2. The van der Waals surface area contributed by atoms with E-state index in [1.807, 2.05) is 30.3 Å². The van der Waals surface area contributed by atoms with Gasteiger partial charge in [-0.3, -0.25) is 9.36 Å². The Morgan fingerprint density at radius 3 is 2.44 bits per heavy atom. The van der Waals surface area contributed by atoms with E-state index in [2.05, 4.69) is 4.98 Å². The fourth-order valence-electron chi connectivity index (χ4n) is 3.37. The van der Waals surface area contributed by atoms with Gasteiger partial charge in [-0.05, 0) is 41.0 Å². The molecule has 0 aliphatic rings. The fourth-order valence-corrected chi connectivity index (χ4v) is 3.59. The lowest BCUT2D eigenvalue weighted by atomic mass is 10.1. The SMILES string of the molecule is O=c1c(-c2ccc(OCc3ccccc3)c(F)c2)cncn1Cc1ccc(Cl)c(C(F)(F)F)c1. The zero-order valence-corrected chi connectivity index (χ0v) is 18.3. The maximum absolute atomic E-state index is 14.6. The number of benzene rings is 3. The predicted molar refractivity (Wildman–Crippen MR) is 120 cm³/mol. The van der Waals surface area contributed by atoms with Crippen LogP contribution in [0.3, 0.4) is 0 Å². The second-order valence-corrected chi connectivity index (χ2v) is 7.88. The maximum Gasteiger partial charge on any atom is 0.417 e. The molecule has 0 unspecified atom stereocenters. The zero-order valence-electron chi connectivity index (χ0n) is 17.5. The Kier molecular flexibility index (Phi) is 6.70. The molecule has 0 saturated heterocycles. The molecule has 174 valence electrons. The van der Waals surface area contributed by atoms with Crippen molar-refractivity contribution in [3.63, 3.8) is 0 Å². The van der Waals surface area contributed by atoms with Gasteiger partial charge in [0.15, 0.2) is 11.6 Å². The van der Waals surface area contributed by atoms with E-state index in [0.29, 0.717) is 0 Å². The van der Waals surface area contributed by atoms with Crippen LogP contribution in [0.15, 0.2) is 84.0 Å². The van der Waals surface area contributed by atoms with Gasteiger partial charge < -0.3 is 4.74 Å². The zero-order chi connectivity index (χ0) is 24.3. The third-order valence-corrected chi connectivity index (χ3v) is 5.40. The van der Waals surface area contributed by atoms with Crippen molar-refractivity contribution in [2.24, 2.45) is 0 Å². The lowest BCUT2D eigenvalue weighted by molar-refractivity contribution is -0.137. The lowest BCUT2D eigenvalue weighted by Crippen LogP contribution is -2.22. The molecule has 3 aromatic carbocycles. The molecule has 1 aromatic heterocycles. The van der Waals surface area contributed by atoms with Crippen LogP contribution in [-0.4, -0.2) is 9.55 Å². The van der Waals surface area contributed by atoms with E-state index in [0.717, 1.165) is 28.3 Å². The van der Waals surface area contributed by atoms with Gasteiger partial charge in [0.05, 0.1) is 29.0 Å². The van der Waals surface area contributed by atoms with Crippen molar-refractivity contribution in [3.05, 3.63) is 117 Å². The highest BCUT2D eigenvalue weighted by Gasteiger charge is 2.33. The summed E-state index contributed by atoms with van der Waals surface area (Å²) in [5, 5.41) is -0.430. The number of halogens is 5. The molecule has 1 heterocycles. The number of rotatable bonds is 6. The van der Waals surface area contributed by atoms with Crippen LogP contribution in [0.2, 0.25) is 5.02 Å². The van der Waals surface area contributed by atoms with Crippen molar-refractivity contribution in [1.29, 1.82) is 0 Å². The molecule has 4 nitrogen and oxygen atoms in total. The number of hydrogen-bond donors (Lipinski definition) is 0. The van der Waals surface area contributed by atoms with Gasteiger partial charge in [-0.25, -0.2) is 9.37 Å². The van der Waals surface area contributed by atoms with Gasteiger partial charge in [0.25, 0.3) is 5.56 Å². The van der Waals surface area contributed by atoms with Crippen LogP contribution in [0.4, 0.5) is 17.6 Å². The van der Waals surface area contributed by atoms with Crippen molar-refractivity contribution < 1.29 is 22.3 Å². The molecule has 34 heavy (non-hydrogen) atoms. The fraction of sp³-hybridized carbons (Fsp3) is 0.120. The molecule has 0 radical (unpaired) electrons. The Labute approximate surface area is 197 Å². The van der Waals surface area contributed by atoms with E-state index in [1.54, 1.807) is 0 Å². The van der Waals surface area contributed by atoms with E-state index < -0.39 is 28.1 Å². The molecule has 9 heteroatoms. The van der Waals surface area contributed by atoms with Crippen molar-refractivity contribution in [2.45, 2.75) is 19.3 Å². The smallest absolute Gasteiger partial charge is 0.417 e. The van der Waals surface area contributed by atoms with Gasteiger partial charge in [0.2, 0.25) is 0 Å². The van der Waals surface area contributed by atoms with Crippen molar-refractivity contribution in [3.8, 4) is 16.9 Å². The van der Waals surface area contributed by atoms with Crippen molar-refractivity contribution >= 4 is 11.6 Å². The Bertz CT molecular complexity index is 1370. The van der Waals surface area contributed by atoms with Crippen LogP contribution in [0.1, 0.15) is 16.7 Å². The summed E-state index contributed by atoms with van der Waals surface area (Å²) in [5.41, 5.74) is -0.0667. The second kappa shape index (κ2) is 9.69. The summed E-state index contributed by atoms with van der Waals surface area (Å²) in [7, 11) is 0. The first-order valence-electron chi connectivity index (χ1n) is 10.1. The maximum atomic E-state index is 14.6. The van der Waals surface area contributed by atoms with Gasteiger partial charge in [-0.2, -0.15) is 13.2 Å². The summed E-state index contributed by atoms with van der Waals surface area (Å²) < 4.78 is 60.7. The third kappa shape index (κ3) is 5.28. The predicted octanol–water partition coefficient (Wildman–Crippen LogP) is 6.35. The van der Waals surface area contributed by atoms with Crippen LogP contribution in [0, 0.1) is 5.82 Å². The highest BCUT2D eigenvalue weighted by Crippen LogP contribution is 2.35. The van der Waals surface area contributed by atoms with Crippen LogP contribution in [0.5, 0.6) is 5.75 Å². The Balaban J connectivity index is 1.57. The summed E-state index contributed by atoms with van der Waals surface area (Å²) in [5.74, 6) is -0.631. The van der Waals surface area contributed by atoms with Gasteiger partial charge >= 0.3 is 6.18 Å². The van der Waals surface area contributed by atoms with Gasteiger partial charge in [0, 0.05) is 6.20 Å². The van der Waals surface area contributed by atoms with Crippen LogP contribution < -0.4 is 10.3 Å². The van der Waals surface area contributed by atoms with Gasteiger partial charge in [-0.1, -0.05) is 54.1 Å². The van der Waals surface area contributed by atoms with E-state index in [9.17, 15) is 22.4 Å². The number of aromatic nitrogens is 2. The van der Waals surface area contributed by atoms with E-state index in [-0.39, 0.29) is 35.6 Å². The Morgan fingerprint density at radius 1 is 0.971 bits per heavy atom. The molecular weight excluding hydrogens is 472 g/mol. The first kappa shape index (κ1) is 23.5. The summed E-state index contributed by atoms with van der Waals surface area (Å²) in [4.78, 5) is 16.9. The minimum absolute atomic E-state index is 0.0256. The first-order valence-corrected chi connectivity index (χ1v) is 10.5. The summed E-state index contributed by atoms with van der Waals surface area (Å²) in [6.07, 6.45) is -2.14. The van der Waals surface area contributed by atoms with Crippen molar-refractivity contribution in [1.82, 2.24) is 9.55 Å². The quantitative estimate of drug-likeness (QED) is 0.297. The molecule has 4 aromatic rings.